The van der Waals surface area contributed by atoms with Gasteiger partial charge in [-0.05, 0) is 6.42 Å². The van der Waals surface area contributed by atoms with Crippen LogP contribution in [-0.2, 0) is 6.54 Å². The molecule has 96 valence electrons. The highest BCUT2D eigenvalue weighted by molar-refractivity contribution is 6.03. The average Bonchev–Trinajstić information content (AvgIpc) is 2.86. The first-order valence-electron chi connectivity index (χ1n) is 5.94. The maximum atomic E-state index is 11.7. The van der Waals surface area contributed by atoms with Gasteiger partial charge in [0.25, 0.3) is 0 Å². The Kier molecular flexibility index (Phi) is 3.45. The van der Waals surface area contributed by atoms with E-state index in [1.807, 2.05) is 4.57 Å². The zero-order valence-electron chi connectivity index (χ0n) is 10.4. The molecule has 2 N–H and O–H groups in total. The van der Waals surface area contributed by atoms with Crippen LogP contribution in [0.5, 0.6) is 0 Å². The fourth-order valence-electron chi connectivity index (χ4n) is 2.13. The number of amides is 2. The standard InChI is InChI=1S/C12H17N5O/c1-3-5-16-8-14-7-9(16)10-11(13)15-12(18)17(10)6-4-2/h4,7-8,10H,2-3,5-6H2,1H3,(H2,13,15,18). The van der Waals surface area contributed by atoms with E-state index in [4.69, 9.17) is 5.73 Å². The highest BCUT2D eigenvalue weighted by Gasteiger charge is 2.35. The third-order valence-corrected chi connectivity index (χ3v) is 2.88. The van der Waals surface area contributed by atoms with Gasteiger partial charge in [-0.2, -0.15) is 4.99 Å². The minimum absolute atomic E-state index is 0.318. The van der Waals surface area contributed by atoms with Crippen LogP contribution in [-0.4, -0.2) is 32.9 Å². The largest absolute Gasteiger partial charge is 0.385 e. The molecule has 6 nitrogen and oxygen atoms in total. The molecule has 1 aromatic heterocycles. The average molecular weight is 247 g/mol. The summed E-state index contributed by atoms with van der Waals surface area (Å²) in [5.41, 5.74) is 6.75. The minimum Gasteiger partial charge on any atom is -0.385 e. The predicted molar refractivity (Wildman–Crippen MR) is 69.2 cm³/mol. The SMILES string of the molecule is C=CCN1C(=O)N=C(N)C1c1cncn1CCC. The van der Waals surface area contributed by atoms with Gasteiger partial charge < -0.3 is 15.2 Å². The van der Waals surface area contributed by atoms with E-state index >= 15 is 0 Å². The molecular weight excluding hydrogens is 230 g/mol. The van der Waals surface area contributed by atoms with Gasteiger partial charge in [-0.25, -0.2) is 9.78 Å². The molecular formula is C12H17N5O. The molecule has 0 bridgehead atoms. The van der Waals surface area contributed by atoms with Gasteiger partial charge in [0.1, 0.15) is 11.9 Å². The summed E-state index contributed by atoms with van der Waals surface area (Å²) in [6.45, 7) is 7.00. The summed E-state index contributed by atoms with van der Waals surface area (Å²) in [5.74, 6) is 0.319. The number of rotatable bonds is 5. The van der Waals surface area contributed by atoms with Crippen molar-refractivity contribution in [3.8, 4) is 0 Å². The summed E-state index contributed by atoms with van der Waals surface area (Å²) in [6, 6.07) is -0.647. The van der Waals surface area contributed by atoms with Crippen LogP contribution in [0, 0.1) is 0 Å². The number of aliphatic imine (C=N–C) groups is 1. The van der Waals surface area contributed by atoms with Crippen molar-refractivity contribution in [2.24, 2.45) is 10.7 Å². The van der Waals surface area contributed by atoms with Crippen molar-refractivity contribution in [3.05, 3.63) is 30.9 Å². The Labute approximate surface area is 106 Å². The predicted octanol–water partition coefficient (Wildman–Crippen LogP) is 1.31. The van der Waals surface area contributed by atoms with Crippen molar-refractivity contribution in [1.29, 1.82) is 0 Å². The van der Waals surface area contributed by atoms with Crippen molar-refractivity contribution in [2.45, 2.75) is 25.9 Å². The van der Waals surface area contributed by atoms with Crippen molar-refractivity contribution in [3.63, 3.8) is 0 Å². The van der Waals surface area contributed by atoms with Gasteiger partial charge in [0.15, 0.2) is 0 Å². The Morgan fingerprint density at radius 1 is 1.61 bits per heavy atom. The Hall–Kier alpha value is -2.11. The van der Waals surface area contributed by atoms with E-state index in [0.717, 1.165) is 18.7 Å². The van der Waals surface area contributed by atoms with Crippen LogP contribution in [0.4, 0.5) is 4.79 Å². The van der Waals surface area contributed by atoms with Crippen LogP contribution in [0.1, 0.15) is 25.1 Å². The first kappa shape index (κ1) is 12.3. The maximum absolute atomic E-state index is 11.7. The number of carbonyl (C=O) groups is 1. The number of hydrogen-bond acceptors (Lipinski definition) is 3. The number of imidazole rings is 1. The first-order valence-corrected chi connectivity index (χ1v) is 5.94. The summed E-state index contributed by atoms with van der Waals surface area (Å²) in [6.07, 6.45) is 6.14. The van der Waals surface area contributed by atoms with E-state index < -0.39 is 0 Å². The van der Waals surface area contributed by atoms with Crippen LogP contribution < -0.4 is 5.73 Å². The Balaban J connectivity index is 2.34. The third-order valence-electron chi connectivity index (χ3n) is 2.88. The second-order valence-corrected chi connectivity index (χ2v) is 4.17. The summed E-state index contributed by atoms with van der Waals surface area (Å²) >= 11 is 0. The number of carbonyl (C=O) groups excluding carboxylic acids is 1. The van der Waals surface area contributed by atoms with Crippen molar-refractivity contribution >= 4 is 11.9 Å². The van der Waals surface area contributed by atoms with E-state index in [0.29, 0.717) is 12.4 Å². The molecule has 0 saturated heterocycles. The lowest BCUT2D eigenvalue weighted by atomic mass is 10.2. The highest BCUT2D eigenvalue weighted by atomic mass is 16.2. The first-order chi connectivity index (χ1) is 8.69. The van der Waals surface area contributed by atoms with Gasteiger partial charge in [0.05, 0.1) is 18.2 Å². The number of hydrogen-bond donors (Lipinski definition) is 1. The normalized spacial score (nSPS) is 19.2. The Bertz CT molecular complexity index is 490. The molecule has 0 spiro atoms. The molecule has 18 heavy (non-hydrogen) atoms. The smallest absolute Gasteiger partial charge is 0.346 e. The van der Waals surface area contributed by atoms with Gasteiger partial charge in [-0.15, -0.1) is 6.58 Å². The van der Waals surface area contributed by atoms with Gasteiger partial charge in [-0.1, -0.05) is 13.0 Å². The number of aromatic nitrogens is 2. The highest BCUT2D eigenvalue weighted by Crippen LogP contribution is 2.26. The molecule has 0 aromatic carbocycles. The zero-order chi connectivity index (χ0) is 13.1. The van der Waals surface area contributed by atoms with Crippen molar-refractivity contribution < 1.29 is 4.79 Å². The van der Waals surface area contributed by atoms with Crippen LogP contribution in [0.2, 0.25) is 0 Å². The fourth-order valence-corrected chi connectivity index (χ4v) is 2.13. The van der Waals surface area contributed by atoms with Gasteiger partial charge >= 0.3 is 6.03 Å². The van der Waals surface area contributed by atoms with Crippen LogP contribution in [0.3, 0.4) is 0 Å². The lowest BCUT2D eigenvalue weighted by molar-refractivity contribution is 0.211. The lowest BCUT2D eigenvalue weighted by Crippen LogP contribution is -2.34. The number of aryl methyl sites for hydroxylation is 1. The molecule has 0 fully saturated rings. The Morgan fingerprint density at radius 2 is 2.39 bits per heavy atom. The minimum atomic E-state index is -0.329. The molecule has 0 radical (unpaired) electrons. The number of nitrogens with two attached hydrogens (primary N) is 1. The summed E-state index contributed by atoms with van der Waals surface area (Å²) < 4.78 is 2.00. The molecule has 6 heteroatoms. The van der Waals surface area contributed by atoms with Gasteiger partial charge in [-0.3, -0.25) is 0 Å². The molecule has 2 amide bonds. The van der Waals surface area contributed by atoms with Gasteiger partial charge in [0.2, 0.25) is 0 Å². The number of urea groups is 1. The molecule has 1 aliphatic rings. The molecule has 1 aliphatic heterocycles. The van der Waals surface area contributed by atoms with E-state index in [9.17, 15) is 4.79 Å². The van der Waals surface area contributed by atoms with Crippen LogP contribution in [0.25, 0.3) is 0 Å². The van der Waals surface area contributed by atoms with E-state index in [-0.39, 0.29) is 12.1 Å². The maximum Gasteiger partial charge on any atom is 0.346 e. The summed E-state index contributed by atoms with van der Waals surface area (Å²) in [4.78, 5) is 21.3. The van der Waals surface area contributed by atoms with Crippen LogP contribution >= 0.6 is 0 Å². The van der Waals surface area contributed by atoms with Crippen molar-refractivity contribution in [1.82, 2.24) is 14.5 Å². The fraction of sp³-hybridized carbons (Fsp3) is 0.417. The monoisotopic (exact) mass is 247 g/mol. The summed E-state index contributed by atoms with van der Waals surface area (Å²) in [7, 11) is 0. The topological polar surface area (TPSA) is 76.5 Å². The summed E-state index contributed by atoms with van der Waals surface area (Å²) in [5, 5.41) is 0. The van der Waals surface area contributed by atoms with Crippen molar-refractivity contribution in [2.75, 3.05) is 6.54 Å². The molecule has 1 atom stereocenters. The quantitative estimate of drug-likeness (QED) is 0.797. The Morgan fingerprint density at radius 3 is 3.06 bits per heavy atom. The van der Waals surface area contributed by atoms with E-state index in [2.05, 4.69) is 23.5 Å². The second-order valence-electron chi connectivity index (χ2n) is 4.17. The molecule has 0 saturated carbocycles. The second kappa shape index (κ2) is 5.03. The third kappa shape index (κ3) is 2.01. The molecule has 2 rings (SSSR count). The molecule has 1 aromatic rings. The number of amidine groups is 1. The molecule has 2 heterocycles. The lowest BCUT2D eigenvalue weighted by Gasteiger charge is -2.23. The molecule has 1 unspecified atom stereocenters. The molecule has 0 aliphatic carbocycles. The van der Waals surface area contributed by atoms with E-state index in [1.165, 1.54) is 0 Å². The zero-order valence-corrected chi connectivity index (χ0v) is 10.4. The number of nitrogens with zero attached hydrogens (tertiary/aromatic N) is 4. The van der Waals surface area contributed by atoms with Crippen LogP contribution in [0.15, 0.2) is 30.2 Å². The van der Waals surface area contributed by atoms with Gasteiger partial charge in [0, 0.05) is 13.1 Å². The van der Waals surface area contributed by atoms with E-state index in [1.54, 1.807) is 23.5 Å².